The first-order valence-electron chi connectivity index (χ1n) is 0.447. The Hall–Kier alpha value is -0.0200. The molecule has 0 atom stereocenters. The molecule has 0 saturated heterocycles. The van der Waals surface area contributed by atoms with Gasteiger partial charge in [0.15, 0.2) is 0 Å². The van der Waals surface area contributed by atoms with E-state index in [4.69, 9.17) is 23.7 Å². The number of hydrogen-bond acceptors (Lipinski definition) is 2. The number of nitrogens with zero attached hydrogens (tertiary/aromatic N) is 2. The normalized spacial score (nSPS) is 0.667. The molecule has 37 valence electrons. The summed E-state index contributed by atoms with van der Waals surface area (Å²) >= 11 is 0. The van der Waals surface area contributed by atoms with E-state index in [0.29, 0.717) is 0 Å². The minimum Gasteiger partial charge on any atom is -0.512 e. The molecule has 0 aromatic carbocycles. The van der Waals surface area contributed by atoms with Gasteiger partial charge < -0.3 is 23.7 Å². The van der Waals surface area contributed by atoms with Crippen LogP contribution < -0.4 is 0 Å². The van der Waals surface area contributed by atoms with E-state index in [-0.39, 0.29) is 33.3 Å². The predicted octanol–water partition coefficient (Wildman–Crippen LogP) is 0.188. The molecule has 0 N–H and O–H groups in total. The first kappa shape index (κ1) is 37.8. The molecule has 1 radical (unpaired) electrons. The number of hydrogen-bond donors (Lipinski definition) is 0. The van der Waals surface area contributed by atoms with Crippen LogP contribution in [-0.2, 0) is 33.3 Å². The fourth-order valence-corrected chi connectivity index (χ4v) is 0. The second-order valence-corrected chi connectivity index (χ2v) is 0. The maximum atomic E-state index is 6.25. The van der Waals surface area contributed by atoms with Crippen LogP contribution in [-0.4, -0.2) is 0 Å². The molecule has 6 heavy (non-hydrogen) atoms. The minimum absolute atomic E-state index is 0. The Kier molecular flexibility index (Phi) is 1240000. The largest absolute Gasteiger partial charge is 2.00 e. The molecule has 0 aromatic heterocycles. The Bertz CT molecular complexity index is 27.0. The van der Waals surface area contributed by atoms with Gasteiger partial charge in [-0.25, -0.2) is 0 Å². The van der Waals surface area contributed by atoms with Crippen LogP contribution in [0.4, 0.5) is 0 Å². The summed E-state index contributed by atoms with van der Waals surface area (Å²) in [7, 11) is 0. The molecule has 2 nitrogen and oxygen atoms in total. The minimum atomic E-state index is 0. The molecule has 0 aliphatic heterocycles. The van der Waals surface area contributed by atoms with Gasteiger partial charge in [0.1, 0.15) is 0 Å². The third-order valence-electron chi connectivity index (χ3n) is 0. The molecule has 0 fully saturated rings. The summed E-state index contributed by atoms with van der Waals surface area (Å²) in [6.45, 7) is 9.50. The van der Waals surface area contributed by atoms with Crippen molar-refractivity contribution in [3.05, 3.63) is 13.1 Å². The fraction of sp³-hybridized carbons (Fsp3) is 0. The smallest absolute Gasteiger partial charge is 0.512 e. The molecule has 0 bridgehead atoms. The molecule has 0 rings (SSSR count). The molecule has 4 heteroatoms. The standard InChI is InChI=1S/2CN.Co.Ni/c2*1-2;;/q2*-1;+2;. The van der Waals surface area contributed by atoms with E-state index < -0.39 is 0 Å². The van der Waals surface area contributed by atoms with Crippen molar-refractivity contribution in [1.82, 2.24) is 0 Å². The molecule has 0 amide bonds. The van der Waals surface area contributed by atoms with Crippen molar-refractivity contribution in [2.24, 2.45) is 0 Å². The Labute approximate surface area is 57.3 Å². The van der Waals surface area contributed by atoms with Crippen LogP contribution in [0.3, 0.4) is 0 Å². The van der Waals surface area contributed by atoms with E-state index >= 15 is 0 Å². The zero-order valence-corrected chi connectivity index (χ0v) is 4.57. The van der Waals surface area contributed by atoms with Gasteiger partial charge in [0, 0.05) is 16.5 Å². The third-order valence-corrected chi connectivity index (χ3v) is 0. The molecule has 0 saturated carbocycles. The molecule has 0 aromatic rings. The van der Waals surface area contributed by atoms with Gasteiger partial charge in [-0.2, -0.15) is 0 Å². The second kappa shape index (κ2) is 197000. The maximum absolute atomic E-state index is 6.25. The van der Waals surface area contributed by atoms with Crippen LogP contribution in [0.5, 0.6) is 0 Å². The van der Waals surface area contributed by atoms with E-state index in [1.165, 1.54) is 0 Å². The summed E-state index contributed by atoms with van der Waals surface area (Å²) in [6, 6.07) is 0. The van der Waals surface area contributed by atoms with Crippen molar-refractivity contribution in [2.75, 3.05) is 0 Å². The quantitative estimate of drug-likeness (QED) is 0.384. The van der Waals surface area contributed by atoms with Gasteiger partial charge in [0.2, 0.25) is 0 Å². The van der Waals surface area contributed by atoms with Crippen molar-refractivity contribution in [1.29, 1.82) is 10.5 Å². The SMILES string of the molecule is [C-]#N.[C-]#N.[Co+2].[Ni]. The van der Waals surface area contributed by atoms with Crippen LogP contribution in [0.2, 0.25) is 0 Å². The Morgan fingerprint density at radius 3 is 0.833 bits per heavy atom. The molecule has 0 unspecified atom stereocenters. The molecular formula is C2CoN2Ni. The van der Waals surface area contributed by atoms with Gasteiger partial charge in [-0.3, -0.25) is 0 Å². The monoisotopic (exact) mass is 169 g/mol. The van der Waals surface area contributed by atoms with Gasteiger partial charge in [0.05, 0.1) is 0 Å². The van der Waals surface area contributed by atoms with Crippen LogP contribution >= 0.6 is 0 Å². The van der Waals surface area contributed by atoms with Gasteiger partial charge in [-0.15, -0.1) is 0 Å². The zero-order chi connectivity index (χ0) is 4.00. The topological polar surface area (TPSA) is 47.6 Å². The van der Waals surface area contributed by atoms with Gasteiger partial charge in [0.25, 0.3) is 0 Å². The summed E-state index contributed by atoms with van der Waals surface area (Å²) in [6.07, 6.45) is 0. The summed E-state index contributed by atoms with van der Waals surface area (Å²) in [5.74, 6) is 0. The molecule has 0 aliphatic carbocycles. The van der Waals surface area contributed by atoms with Crippen LogP contribution in [0.15, 0.2) is 0 Å². The first-order valence-corrected chi connectivity index (χ1v) is 0.447. The van der Waals surface area contributed by atoms with Crippen molar-refractivity contribution >= 4 is 0 Å². The van der Waals surface area contributed by atoms with Crippen LogP contribution in [0.1, 0.15) is 0 Å². The molecule has 0 aliphatic rings. The predicted molar refractivity (Wildman–Crippen MR) is 9.94 cm³/mol. The molecular weight excluding hydrogens is 170 g/mol. The van der Waals surface area contributed by atoms with E-state index in [1.54, 1.807) is 0 Å². The Balaban J connectivity index is -0.00000000500. The summed E-state index contributed by atoms with van der Waals surface area (Å²) < 4.78 is 0. The van der Waals surface area contributed by atoms with Gasteiger partial charge >= 0.3 is 16.8 Å². The van der Waals surface area contributed by atoms with Gasteiger partial charge in [-0.1, -0.05) is 0 Å². The fourth-order valence-electron chi connectivity index (χ4n) is 0. The van der Waals surface area contributed by atoms with E-state index in [9.17, 15) is 0 Å². The molecule has 0 spiro atoms. The average Bonchev–Trinajstić information content (AvgIpc) is 1.50. The van der Waals surface area contributed by atoms with Crippen molar-refractivity contribution in [3.8, 4) is 0 Å². The van der Waals surface area contributed by atoms with Crippen LogP contribution in [0, 0.1) is 23.7 Å². The second-order valence-electron chi connectivity index (χ2n) is 0. The van der Waals surface area contributed by atoms with E-state index in [0.717, 1.165) is 0 Å². The first-order chi connectivity index (χ1) is 2.00. The maximum Gasteiger partial charge on any atom is 2.00 e. The van der Waals surface area contributed by atoms with Gasteiger partial charge in [-0.05, 0) is 0 Å². The average molecular weight is 170 g/mol. The summed E-state index contributed by atoms with van der Waals surface area (Å²) in [4.78, 5) is 0. The Morgan fingerprint density at radius 1 is 0.833 bits per heavy atom. The number of rotatable bonds is 0. The van der Waals surface area contributed by atoms with Crippen molar-refractivity contribution < 1.29 is 33.3 Å². The Morgan fingerprint density at radius 2 is 0.833 bits per heavy atom. The zero-order valence-electron chi connectivity index (χ0n) is 2.54. The third kappa shape index (κ3) is 88400. The van der Waals surface area contributed by atoms with Crippen molar-refractivity contribution in [2.45, 2.75) is 0 Å². The van der Waals surface area contributed by atoms with E-state index in [2.05, 4.69) is 0 Å². The van der Waals surface area contributed by atoms with Crippen molar-refractivity contribution in [3.63, 3.8) is 0 Å². The molecule has 0 heterocycles. The van der Waals surface area contributed by atoms with E-state index in [1.807, 2.05) is 0 Å². The summed E-state index contributed by atoms with van der Waals surface area (Å²) in [5, 5.41) is 12.5. The summed E-state index contributed by atoms with van der Waals surface area (Å²) in [5.41, 5.74) is 0. The van der Waals surface area contributed by atoms with Crippen LogP contribution in [0.25, 0.3) is 0 Å².